The van der Waals surface area contributed by atoms with Gasteiger partial charge in [0, 0.05) is 11.5 Å². The van der Waals surface area contributed by atoms with E-state index in [0.29, 0.717) is 24.2 Å². The monoisotopic (exact) mass is 375 g/mol. The van der Waals surface area contributed by atoms with E-state index in [1.54, 1.807) is 0 Å². The second-order valence-electron chi connectivity index (χ2n) is 5.52. The van der Waals surface area contributed by atoms with Crippen molar-refractivity contribution in [3.63, 3.8) is 0 Å². The number of hydrogen-bond acceptors (Lipinski definition) is 2. The van der Waals surface area contributed by atoms with Crippen molar-refractivity contribution in [3.05, 3.63) is 47.0 Å². The molecule has 0 radical (unpaired) electrons. The molecule has 118 valence electrons. The molecule has 0 aromatic heterocycles. The van der Waals surface area contributed by atoms with Crippen molar-refractivity contribution in [1.82, 2.24) is 0 Å². The Kier molecular flexibility index (Phi) is 9.58. The second kappa shape index (κ2) is 9.98. The molecule has 0 bridgehead atoms. The number of hydrogen-bond donors (Lipinski definition) is 0. The van der Waals surface area contributed by atoms with E-state index in [-0.39, 0.29) is 23.0 Å². The molecule has 0 aliphatic rings. The molecule has 1 aromatic carbocycles. The Bertz CT molecular complexity index is 457. The van der Waals surface area contributed by atoms with E-state index >= 15 is 0 Å². The van der Waals surface area contributed by atoms with Gasteiger partial charge in [-0.3, -0.25) is 0 Å². The van der Waals surface area contributed by atoms with Crippen molar-refractivity contribution >= 4 is 17.6 Å². The Morgan fingerprint density at radius 1 is 1.29 bits per heavy atom. The van der Waals surface area contributed by atoms with Gasteiger partial charge in [0.2, 0.25) is 0 Å². The predicted molar refractivity (Wildman–Crippen MR) is 82.6 cm³/mol. The highest BCUT2D eigenvalue weighted by atomic mass is 79.9. The number of benzene rings is 1. The van der Waals surface area contributed by atoms with Crippen molar-refractivity contribution in [2.75, 3.05) is 33.8 Å². The smallest absolute Gasteiger partial charge is 0.361 e. The molecule has 0 spiro atoms. The van der Waals surface area contributed by atoms with Gasteiger partial charge in [0.05, 0.1) is 27.2 Å². The van der Waals surface area contributed by atoms with Crippen LogP contribution in [0.1, 0.15) is 12.5 Å². The minimum atomic E-state index is -0.174. The maximum atomic E-state index is 11.8. The third-order valence-corrected chi connectivity index (χ3v) is 3.07. The number of esters is 1. The van der Waals surface area contributed by atoms with Crippen LogP contribution in [0.15, 0.2) is 41.4 Å². The van der Waals surface area contributed by atoms with E-state index in [1.165, 1.54) is 5.56 Å². The van der Waals surface area contributed by atoms with Crippen LogP contribution < -0.4 is 17.0 Å². The standard InChI is InChI=1S/C16H23ClNO2.BrH/c1-14(17)9-11-18(2,3)13-16(19)20-12-10-15-7-5-4-6-8-15;/h4-9H,10-13H2,1-3H3;1H/q+1;/p-1. The number of likely N-dealkylation sites (N-methyl/N-ethyl adjacent to an activating group) is 1. The summed E-state index contributed by atoms with van der Waals surface area (Å²) in [5.74, 6) is -0.174. The van der Waals surface area contributed by atoms with Gasteiger partial charge >= 0.3 is 5.97 Å². The Labute approximate surface area is 142 Å². The van der Waals surface area contributed by atoms with Gasteiger partial charge in [-0.1, -0.05) is 41.9 Å². The van der Waals surface area contributed by atoms with Crippen LogP contribution in [0.5, 0.6) is 0 Å². The molecule has 0 aliphatic carbocycles. The zero-order valence-corrected chi connectivity index (χ0v) is 15.2. The molecule has 1 rings (SSSR count). The van der Waals surface area contributed by atoms with E-state index in [2.05, 4.69) is 0 Å². The van der Waals surface area contributed by atoms with Crippen molar-refractivity contribution in [2.24, 2.45) is 0 Å². The number of allylic oxidation sites excluding steroid dienone is 1. The first kappa shape index (κ1) is 20.2. The molecule has 0 unspecified atom stereocenters. The molecule has 0 atom stereocenters. The number of quaternary nitrogens is 1. The summed E-state index contributed by atoms with van der Waals surface area (Å²) in [5.41, 5.74) is 1.18. The van der Waals surface area contributed by atoms with Crippen LogP contribution in [-0.4, -0.2) is 44.2 Å². The number of halogens is 2. The molecule has 1 aromatic rings. The van der Waals surface area contributed by atoms with E-state index in [0.717, 1.165) is 11.5 Å². The quantitative estimate of drug-likeness (QED) is 0.494. The van der Waals surface area contributed by atoms with Crippen molar-refractivity contribution in [1.29, 1.82) is 0 Å². The maximum absolute atomic E-state index is 11.8. The minimum absolute atomic E-state index is 0. The molecular formula is C16H23BrClNO2. The van der Waals surface area contributed by atoms with Crippen LogP contribution >= 0.6 is 11.6 Å². The average Bonchev–Trinajstić information content (AvgIpc) is 2.37. The molecule has 0 N–H and O–H groups in total. The van der Waals surface area contributed by atoms with Crippen LogP contribution in [-0.2, 0) is 16.0 Å². The SMILES string of the molecule is CC(Cl)=CC[N+](C)(C)CC(=O)OCCc1ccccc1.[Br-]. The molecule has 3 nitrogen and oxygen atoms in total. The number of carbonyl (C=O) groups is 1. The summed E-state index contributed by atoms with van der Waals surface area (Å²) in [7, 11) is 3.96. The Balaban J connectivity index is 0.00000400. The molecule has 0 saturated carbocycles. The van der Waals surface area contributed by atoms with Crippen LogP contribution in [0, 0.1) is 0 Å². The number of carbonyl (C=O) groups excluding carboxylic acids is 1. The van der Waals surface area contributed by atoms with Crippen LogP contribution in [0.25, 0.3) is 0 Å². The summed E-state index contributed by atoms with van der Waals surface area (Å²) in [6.07, 6.45) is 2.67. The fourth-order valence-electron chi connectivity index (χ4n) is 1.76. The molecule has 0 fully saturated rings. The largest absolute Gasteiger partial charge is 1.00 e. The molecule has 0 aliphatic heterocycles. The van der Waals surface area contributed by atoms with Crippen molar-refractivity contribution in [2.45, 2.75) is 13.3 Å². The highest BCUT2D eigenvalue weighted by Crippen LogP contribution is 2.04. The Morgan fingerprint density at radius 3 is 2.48 bits per heavy atom. The van der Waals surface area contributed by atoms with Gasteiger partial charge < -0.3 is 26.2 Å². The van der Waals surface area contributed by atoms with E-state index in [4.69, 9.17) is 16.3 Å². The Hall–Kier alpha value is -0.840. The summed E-state index contributed by atoms with van der Waals surface area (Å²) < 4.78 is 5.82. The fraction of sp³-hybridized carbons (Fsp3) is 0.438. The fourth-order valence-corrected chi connectivity index (χ4v) is 1.83. The van der Waals surface area contributed by atoms with Crippen LogP contribution in [0.4, 0.5) is 0 Å². The first-order chi connectivity index (χ1) is 9.39. The molecule has 0 amide bonds. The first-order valence-corrected chi connectivity index (χ1v) is 7.11. The normalized spacial score (nSPS) is 11.7. The van der Waals surface area contributed by atoms with Crippen LogP contribution in [0.2, 0.25) is 0 Å². The first-order valence-electron chi connectivity index (χ1n) is 6.73. The maximum Gasteiger partial charge on any atom is 0.361 e. The average molecular weight is 377 g/mol. The lowest BCUT2D eigenvalue weighted by molar-refractivity contribution is -0.877. The molecule has 5 heteroatoms. The third-order valence-electron chi connectivity index (χ3n) is 2.92. The zero-order chi connectivity index (χ0) is 15.0. The lowest BCUT2D eigenvalue weighted by atomic mass is 10.2. The molecule has 21 heavy (non-hydrogen) atoms. The minimum Gasteiger partial charge on any atom is -1.00 e. The summed E-state index contributed by atoms with van der Waals surface area (Å²) in [6.45, 7) is 3.31. The number of rotatable bonds is 7. The van der Waals surface area contributed by atoms with Gasteiger partial charge in [-0.2, -0.15) is 0 Å². The number of ether oxygens (including phenoxy) is 1. The highest BCUT2D eigenvalue weighted by Gasteiger charge is 2.19. The van der Waals surface area contributed by atoms with Crippen molar-refractivity contribution < 1.29 is 31.0 Å². The molecular weight excluding hydrogens is 354 g/mol. The molecule has 0 saturated heterocycles. The Morgan fingerprint density at radius 2 is 1.90 bits per heavy atom. The molecule has 0 heterocycles. The summed E-state index contributed by atoms with van der Waals surface area (Å²) in [6, 6.07) is 10.0. The van der Waals surface area contributed by atoms with Gasteiger partial charge in [0.25, 0.3) is 0 Å². The van der Waals surface area contributed by atoms with Crippen LogP contribution in [0.3, 0.4) is 0 Å². The summed E-state index contributed by atoms with van der Waals surface area (Å²) in [4.78, 5) is 11.8. The van der Waals surface area contributed by atoms with Gasteiger partial charge in [0.1, 0.15) is 0 Å². The van der Waals surface area contributed by atoms with Gasteiger partial charge in [0.15, 0.2) is 6.54 Å². The lowest BCUT2D eigenvalue weighted by Crippen LogP contribution is -3.00. The lowest BCUT2D eigenvalue weighted by Gasteiger charge is -2.27. The van der Waals surface area contributed by atoms with E-state index in [9.17, 15) is 4.79 Å². The topological polar surface area (TPSA) is 26.3 Å². The second-order valence-corrected chi connectivity index (χ2v) is 6.12. The van der Waals surface area contributed by atoms with Gasteiger partial charge in [-0.15, -0.1) is 0 Å². The van der Waals surface area contributed by atoms with Gasteiger partial charge in [-0.05, 0) is 18.6 Å². The third kappa shape index (κ3) is 9.67. The predicted octanol–water partition coefficient (Wildman–Crippen LogP) is -0.00470. The highest BCUT2D eigenvalue weighted by molar-refractivity contribution is 6.29. The summed E-state index contributed by atoms with van der Waals surface area (Å²) in [5, 5.41) is 0.744. The van der Waals surface area contributed by atoms with E-state index in [1.807, 2.05) is 57.4 Å². The summed E-state index contributed by atoms with van der Waals surface area (Å²) >= 11 is 5.81. The van der Waals surface area contributed by atoms with Gasteiger partial charge in [-0.25, -0.2) is 4.79 Å². The van der Waals surface area contributed by atoms with E-state index < -0.39 is 0 Å². The zero-order valence-electron chi connectivity index (χ0n) is 12.8. The number of nitrogens with zero attached hydrogens (tertiary/aromatic N) is 1. The van der Waals surface area contributed by atoms with Crippen molar-refractivity contribution in [3.8, 4) is 0 Å².